The van der Waals surface area contributed by atoms with E-state index in [1.165, 1.54) is 12.1 Å². The molecule has 0 amide bonds. The third-order valence-corrected chi connectivity index (χ3v) is 5.65. The van der Waals surface area contributed by atoms with Gasteiger partial charge in [0.05, 0.1) is 4.90 Å². The zero-order chi connectivity index (χ0) is 18.4. The van der Waals surface area contributed by atoms with Gasteiger partial charge in [-0.2, -0.15) is 0 Å². The van der Waals surface area contributed by atoms with Gasteiger partial charge in [0, 0.05) is 0 Å². The molecule has 0 saturated carbocycles. The summed E-state index contributed by atoms with van der Waals surface area (Å²) in [5.74, 6) is 0. The fraction of sp³-hybridized carbons (Fsp3) is 0.167. The number of rotatable bonds is 3. The normalized spacial score (nSPS) is 10.6. The second-order valence-electron chi connectivity index (χ2n) is 5.39. The maximum Gasteiger partial charge on any atom is 2.00 e. The molecule has 26 heavy (non-hydrogen) atoms. The van der Waals surface area contributed by atoms with Crippen LogP contribution in [-0.4, -0.2) is 41.5 Å². The first kappa shape index (κ1) is 22.7. The van der Waals surface area contributed by atoms with E-state index in [0.717, 1.165) is 3.97 Å². The molecule has 0 aliphatic carbocycles. The van der Waals surface area contributed by atoms with Crippen LogP contribution in [0.15, 0.2) is 59.5 Å². The number of hydrogen-bond acceptors (Lipinski definition) is 3. The first-order valence-electron chi connectivity index (χ1n) is 7.46. The topological polar surface area (TPSA) is 77.0 Å². The Labute approximate surface area is 178 Å². The molecule has 0 unspecified atom stereocenters. The number of para-hydroxylation sites is 1. The van der Waals surface area contributed by atoms with E-state index in [0.29, 0.717) is 16.9 Å². The predicted octanol–water partition coefficient (Wildman–Crippen LogP) is 4.25. The summed E-state index contributed by atoms with van der Waals surface area (Å²) in [5.41, 5.74) is 0.674. The van der Waals surface area contributed by atoms with Gasteiger partial charge < -0.3 is 8.32 Å². The second kappa shape index (κ2) is 10.1. The van der Waals surface area contributed by atoms with Crippen LogP contribution in [0.25, 0.3) is 15.2 Å². The number of aromatic nitrogens is 1. The maximum atomic E-state index is 12.6. The Hall–Kier alpha value is -1.37. The summed E-state index contributed by atoms with van der Waals surface area (Å²) in [6.07, 6.45) is 2.65. The number of nitriles is 1. The fourth-order valence-electron chi connectivity index (χ4n) is 2.06. The number of hydrogen-bond donors (Lipinski definition) is 0. The van der Waals surface area contributed by atoms with Crippen molar-refractivity contribution in [1.29, 1.82) is 5.26 Å². The van der Waals surface area contributed by atoms with Gasteiger partial charge in [0.25, 0.3) is 10.0 Å². The van der Waals surface area contributed by atoms with E-state index in [9.17, 15) is 8.42 Å². The zero-order valence-electron chi connectivity index (χ0n) is 14.4. The molecule has 130 valence electrons. The Morgan fingerprint density at radius 1 is 1.12 bits per heavy atom. The van der Waals surface area contributed by atoms with Crippen molar-refractivity contribution in [1.82, 2.24) is 3.97 Å². The molecule has 8 heteroatoms. The molecular formula is C18H16BrMgN3O2S. The Morgan fingerprint density at radius 2 is 1.65 bits per heavy atom. The van der Waals surface area contributed by atoms with Crippen LogP contribution in [0.2, 0.25) is 0 Å². The van der Waals surface area contributed by atoms with Gasteiger partial charge in [0.1, 0.15) is 0 Å². The van der Waals surface area contributed by atoms with Crippen molar-refractivity contribution in [2.45, 2.75) is 24.8 Å². The standard InChI is InChI=1S/C15H9N2O2S.C3H7BrN.Mg/c16-10-12-11-17(15-9-5-4-8-14(12)15)20(18,19)13-6-2-1-3-7-13;1-3(2)5-4;/h1-9H;3H,1-2H3;/q2*-1;+2. The average molecular weight is 443 g/mol. The summed E-state index contributed by atoms with van der Waals surface area (Å²) in [5, 5.41) is 9.67. The van der Waals surface area contributed by atoms with Crippen molar-refractivity contribution in [2.75, 3.05) is 0 Å². The minimum atomic E-state index is -3.74. The predicted molar refractivity (Wildman–Crippen MR) is 108 cm³/mol. The number of nitrogens with zero attached hydrogens (tertiary/aromatic N) is 3. The summed E-state index contributed by atoms with van der Waals surface area (Å²) in [4.78, 5) is 0.168. The minimum Gasteiger partial charge on any atom is -0.595 e. The Morgan fingerprint density at radius 3 is 2.19 bits per heavy atom. The molecular weight excluding hydrogens is 426 g/mol. The molecule has 0 aliphatic rings. The Kier molecular flexibility index (Phi) is 8.79. The summed E-state index contributed by atoms with van der Waals surface area (Å²) in [7, 11) is -3.74. The molecule has 0 N–H and O–H groups in total. The molecule has 5 nitrogen and oxygen atoms in total. The van der Waals surface area contributed by atoms with E-state index >= 15 is 0 Å². The number of halogens is 1. The summed E-state index contributed by atoms with van der Waals surface area (Å²) < 4.78 is 29.9. The SMILES string of the molecule is CC(C)[N-]Br.N#Cc1[c-]n(S(=O)(=O)c2ccccc2)c2ccccc12.[Mg+2]. The molecule has 1 heterocycles. The maximum absolute atomic E-state index is 12.6. The van der Waals surface area contributed by atoms with Crippen LogP contribution < -0.4 is 0 Å². The van der Waals surface area contributed by atoms with Gasteiger partial charge in [-0.1, -0.05) is 61.3 Å². The smallest absolute Gasteiger partial charge is 0.595 e. The van der Waals surface area contributed by atoms with Crippen LogP contribution in [0.5, 0.6) is 0 Å². The van der Waals surface area contributed by atoms with E-state index in [-0.39, 0.29) is 33.5 Å². The van der Waals surface area contributed by atoms with Crippen molar-refractivity contribution in [3.63, 3.8) is 0 Å². The van der Waals surface area contributed by atoms with Gasteiger partial charge >= 0.3 is 23.1 Å². The van der Waals surface area contributed by atoms with E-state index in [2.05, 4.69) is 26.7 Å². The first-order valence-corrected chi connectivity index (χ1v) is 9.61. The van der Waals surface area contributed by atoms with Crippen molar-refractivity contribution in [2.24, 2.45) is 0 Å². The van der Waals surface area contributed by atoms with E-state index < -0.39 is 10.0 Å². The summed E-state index contributed by atoms with van der Waals surface area (Å²) >= 11 is 2.94. The molecule has 0 aliphatic heterocycles. The van der Waals surface area contributed by atoms with Crippen LogP contribution in [0.1, 0.15) is 19.4 Å². The van der Waals surface area contributed by atoms with Crippen LogP contribution in [0.4, 0.5) is 0 Å². The molecule has 0 atom stereocenters. The third kappa shape index (κ3) is 5.08. The molecule has 3 aromatic rings. The van der Waals surface area contributed by atoms with Crippen LogP contribution in [-0.2, 0) is 10.0 Å². The Balaban J connectivity index is 0.000000501. The minimum absolute atomic E-state index is 0. The number of benzene rings is 2. The molecule has 0 fully saturated rings. The van der Waals surface area contributed by atoms with Gasteiger partial charge in [0.2, 0.25) is 0 Å². The van der Waals surface area contributed by atoms with Crippen molar-refractivity contribution < 1.29 is 8.42 Å². The van der Waals surface area contributed by atoms with Gasteiger partial charge in [-0.05, 0) is 24.4 Å². The molecule has 1 aromatic heterocycles. The molecule has 0 bridgehead atoms. The summed E-state index contributed by atoms with van der Waals surface area (Å²) in [6, 6.07) is 17.4. The molecule has 3 rings (SSSR count). The van der Waals surface area contributed by atoms with Crippen molar-refractivity contribution in [3.05, 3.63) is 70.7 Å². The van der Waals surface area contributed by atoms with Gasteiger partial charge in [-0.15, -0.1) is 17.5 Å². The van der Waals surface area contributed by atoms with Crippen LogP contribution >= 0.6 is 16.1 Å². The Bertz CT molecular complexity index is 996. The number of fused-ring (bicyclic) bond motifs is 1. The van der Waals surface area contributed by atoms with E-state index in [1.54, 1.807) is 42.5 Å². The van der Waals surface area contributed by atoms with Crippen molar-refractivity contribution in [3.8, 4) is 6.07 Å². The molecule has 2 aromatic carbocycles. The summed E-state index contributed by atoms with van der Waals surface area (Å²) in [6.45, 7) is 4.02. The third-order valence-electron chi connectivity index (χ3n) is 3.19. The molecule has 0 spiro atoms. The monoisotopic (exact) mass is 441 g/mol. The molecule has 0 radical (unpaired) electrons. The van der Waals surface area contributed by atoms with E-state index in [4.69, 9.17) is 5.26 Å². The fourth-order valence-corrected chi connectivity index (χ4v) is 3.40. The van der Waals surface area contributed by atoms with Gasteiger partial charge in [-0.3, -0.25) is 5.26 Å². The molecule has 0 saturated heterocycles. The van der Waals surface area contributed by atoms with Gasteiger partial charge in [0.15, 0.2) is 0 Å². The van der Waals surface area contributed by atoms with Crippen LogP contribution in [0.3, 0.4) is 0 Å². The zero-order valence-corrected chi connectivity index (χ0v) is 18.2. The first-order chi connectivity index (χ1) is 11.9. The second-order valence-corrected chi connectivity index (χ2v) is 7.59. The van der Waals surface area contributed by atoms with Gasteiger partial charge in [-0.25, -0.2) is 24.6 Å². The largest absolute Gasteiger partial charge is 2.00 e. The van der Waals surface area contributed by atoms with E-state index in [1.807, 2.05) is 19.9 Å². The average Bonchev–Trinajstić information content (AvgIpc) is 3.02. The quantitative estimate of drug-likeness (QED) is 0.449. The van der Waals surface area contributed by atoms with Crippen LogP contribution in [0, 0.1) is 17.5 Å². The van der Waals surface area contributed by atoms with Crippen molar-refractivity contribution >= 4 is 60.1 Å².